The van der Waals surface area contributed by atoms with Crippen LogP contribution in [0.4, 0.5) is 5.82 Å². The van der Waals surface area contributed by atoms with Crippen LogP contribution in [0.15, 0.2) is 47.6 Å². The maximum atomic E-state index is 12.5. The second-order valence-corrected chi connectivity index (χ2v) is 5.75. The predicted molar refractivity (Wildman–Crippen MR) is 72.0 cm³/mol. The van der Waals surface area contributed by atoms with Crippen LogP contribution in [0.25, 0.3) is 0 Å². The zero-order valence-electron chi connectivity index (χ0n) is 10.4. The molecule has 7 heteroatoms. The average molecular weight is 278 g/mol. The van der Waals surface area contributed by atoms with Crippen molar-refractivity contribution in [2.24, 2.45) is 5.73 Å². The van der Waals surface area contributed by atoms with Crippen LogP contribution in [0.5, 0.6) is 0 Å². The molecule has 2 N–H and O–H groups in total. The van der Waals surface area contributed by atoms with Crippen molar-refractivity contribution in [1.82, 2.24) is 9.97 Å². The summed E-state index contributed by atoms with van der Waals surface area (Å²) in [5.74, 6) is 0.342. The minimum atomic E-state index is -3.71. The number of anilines is 1. The van der Waals surface area contributed by atoms with Crippen molar-refractivity contribution in [2.75, 3.05) is 11.4 Å². The molecule has 0 bridgehead atoms. The molecule has 0 radical (unpaired) electrons. The van der Waals surface area contributed by atoms with Gasteiger partial charge in [0.15, 0.2) is 0 Å². The molecule has 0 atom stereocenters. The van der Waals surface area contributed by atoms with Crippen molar-refractivity contribution in [3.05, 3.63) is 48.4 Å². The van der Waals surface area contributed by atoms with Crippen LogP contribution < -0.4 is 10.0 Å². The van der Waals surface area contributed by atoms with Crippen molar-refractivity contribution in [1.29, 1.82) is 0 Å². The maximum absolute atomic E-state index is 12.5. The first-order valence-electron chi connectivity index (χ1n) is 5.61. The van der Waals surface area contributed by atoms with E-state index in [0.717, 1.165) is 4.31 Å². The Morgan fingerprint density at radius 2 is 1.89 bits per heavy atom. The summed E-state index contributed by atoms with van der Waals surface area (Å²) in [7, 11) is -2.26. The van der Waals surface area contributed by atoms with Crippen LogP contribution in [0.3, 0.4) is 0 Å². The quantitative estimate of drug-likeness (QED) is 0.892. The van der Waals surface area contributed by atoms with Gasteiger partial charge in [-0.1, -0.05) is 6.07 Å². The first-order valence-corrected chi connectivity index (χ1v) is 7.05. The summed E-state index contributed by atoms with van der Waals surface area (Å²) in [4.78, 5) is 8.11. The molecule has 0 saturated heterocycles. The van der Waals surface area contributed by atoms with Gasteiger partial charge in [0.05, 0.1) is 5.69 Å². The first-order chi connectivity index (χ1) is 9.07. The van der Waals surface area contributed by atoms with Crippen molar-refractivity contribution in [3.8, 4) is 0 Å². The van der Waals surface area contributed by atoms with E-state index in [4.69, 9.17) is 5.73 Å². The van der Waals surface area contributed by atoms with E-state index in [2.05, 4.69) is 9.97 Å². The van der Waals surface area contributed by atoms with Gasteiger partial charge in [-0.05, 0) is 24.3 Å². The van der Waals surface area contributed by atoms with E-state index >= 15 is 0 Å². The molecule has 2 heterocycles. The van der Waals surface area contributed by atoms with E-state index in [1.165, 1.54) is 25.5 Å². The van der Waals surface area contributed by atoms with Gasteiger partial charge in [0.1, 0.15) is 10.7 Å². The summed E-state index contributed by atoms with van der Waals surface area (Å²) < 4.78 is 26.1. The number of rotatable bonds is 4. The third-order valence-corrected chi connectivity index (χ3v) is 4.49. The van der Waals surface area contributed by atoms with Gasteiger partial charge in [0, 0.05) is 26.0 Å². The van der Waals surface area contributed by atoms with Gasteiger partial charge in [-0.2, -0.15) is 0 Å². The second kappa shape index (κ2) is 5.33. The lowest BCUT2D eigenvalue weighted by molar-refractivity contribution is 0.592. The molecule has 2 aromatic rings. The molecule has 2 aromatic heterocycles. The molecule has 0 aromatic carbocycles. The van der Waals surface area contributed by atoms with E-state index in [1.54, 1.807) is 24.3 Å². The molecule has 100 valence electrons. The van der Waals surface area contributed by atoms with Crippen LogP contribution in [0.1, 0.15) is 5.69 Å². The van der Waals surface area contributed by atoms with Crippen LogP contribution in [-0.2, 0) is 16.6 Å². The summed E-state index contributed by atoms with van der Waals surface area (Å²) in [6, 6.07) is 8.12. The molecule has 0 saturated carbocycles. The molecule has 0 fully saturated rings. The minimum absolute atomic E-state index is 0.0610. The topological polar surface area (TPSA) is 89.2 Å². The monoisotopic (exact) mass is 278 g/mol. The van der Waals surface area contributed by atoms with Crippen LogP contribution in [-0.4, -0.2) is 25.4 Å². The molecule has 2 rings (SSSR count). The lowest BCUT2D eigenvalue weighted by Crippen LogP contribution is -2.28. The Labute approximate surface area is 112 Å². The normalized spacial score (nSPS) is 11.3. The van der Waals surface area contributed by atoms with Crippen LogP contribution in [0.2, 0.25) is 0 Å². The highest BCUT2D eigenvalue weighted by atomic mass is 32.2. The number of sulfonamides is 1. The molecule has 0 spiro atoms. The van der Waals surface area contributed by atoms with Crippen molar-refractivity contribution in [2.45, 2.75) is 11.4 Å². The fourth-order valence-electron chi connectivity index (χ4n) is 1.62. The summed E-state index contributed by atoms with van der Waals surface area (Å²) in [5, 5.41) is 0. The molecule has 19 heavy (non-hydrogen) atoms. The van der Waals surface area contributed by atoms with Gasteiger partial charge in [-0.25, -0.2) is 13.4 Å². The molecule has 0 aliphatic rings. The number of pyridine rings is 2. The minimum Gasteiger partial charge on any atom is -0.325 e. The lowest BCUT2D eigenvalue weighted by atomic mass is 10.3. The van der Waals surface area contributed by atoms with E-state index in [0.29, 0.717) is 11.5 Å². The highest BCUT2D eigenvalue weighted by Crippen LogP contribution is 2.21. The highest BCUT2D eigenvalue weighted by Gasteiger charge is 2.24. The van der Waals surface area contributed by atoms with Crippen LogP contribution >= 0.6 is 0 Å². The number of aromatic nitrogens is 2. The number of hydrogen-bond donors (Lipinski definition) is 1. The Morgan fingerprint density at radius 1 is 1.16 bits per heavy atom. The molecule has 0 aliphatic carbocycles. The van der Waals surface area contributed by atoms with Gasteiger partial charge in [-0.3, -0.25) is 9.29 Å². The third kappa shape index (κ3) is 2.56. The summed E-state index contributed by atoms with van der Waals surface area (Å²) in [6.45, 7) is 0.0610. The van der Waals surface area contributed by atoms with Crippen LogP contribution in [0, 0.1) is 0 Å². The smallest absolute Gasteiger partial charge is 0.267 e. The standard InChI is InChI=1S/C12H14N4O2S/c1-16(12-6-2-3-7-15-12)19(17,18)11-5-4-8-14-10(11)9-13/h2-8H,9,13H2,1H3. The molecule has 0 aliphatic heterocycles. The fraction of sp³-hybridized carbons (Fsp3) is 0.167. The fourth-order valence-corrected chi connectivity index (χ4v) is 2.96. The van der Waals surface area contributed by atoms with E-state index < -0.39 is 10.0 Å². The summed E-state index contributed by atoms with van der Waals surface area (Å²) >= 11 is 0. The summed E-state index contributed by atoms with van der Waals surface area (Å²) in [6.07, 6.45) is 3.05. The predicted octanol–water partition coefficient (Wildman–Crippen LogP) is 0.760. The first kappa shape index (κ1) is 13.4. The molecular formula is C12H14N4O2S. The Bertz CT molecular complexity index is 658. The van der Waals surface area contributed by atoms with Crippen molar-refractivity contribution < 1.29 is 8.42 Å². The Morgan fingerprint density at radius 3 is 2.53 bits per heavy atom. The van der Waals surface area contributed by atoms with E-state index in [9.17, 15) is 8.42 Å². The van der Waals surface area contributed by atoms with Crippen molar-refractivity contribution in [3.63, 3.8) is 0 Å². The van der Waals surface area contributed by atoms with Crippen molar-refractivity contribution >= 4 is 15.8 Å². The molecular weight excluding hydrogens is 264 g/mol. The lowest BCUT2D eigenvalue weighted by Gasteiger charge is -2.19. The maximum Gasteiger partial charge on any atom is 0.267 e. The number of nitrogens with two attached hydrogens (primary N) is 1. The highest BCUT2D eigenvalue weighted by molar-refractivity contribution is 7.92. The summed E-state index contributed by atoms with van der Waals surface area (Å²) in [5.41, 5.74) is 5.86. The zero-order chi connectivity index (χ0) is 13.9. The van der Waals surface area contributed by atoms with E-state index in [1.807, 2.05) is 0 Å². The number of hydrogen-bond acceptors (Lipinski definition) is 5. The third-order valence-electron chi connectivity index (χ3n) is 2.65. The second-order valence-electron chi connectivity index (χ2n) is 3.81. The Hall–Kier alpha value is -1.99. The SMILES string of the molecule is CN(c1ccccn1)S(=O)(=O)c1cccnc1CN. The van der Waals surface area contributed by atoms with Gasteiger partial charge in [0.25, 0.3) is 10.0 Å². The van der Waals surface area contributed by atoms with Gasteiger partial charge in [0.2, 0.25) is 0 Å². The van der Waals surface area contributed by atoms with Gasteiger partial charge < -0.3 is 5.73 Å². The molecule has 0 amide bonds. The average Bonchev–Trinajstić information content (AvgIpc) is 2.47. The van der Waals surface area contributed by atoms with Gasteiger partial charge in [-0.15, -0.1) is 0 Å². The Balaban J connectivity index is 2.48. The number of nitrogens with zero attached hydrogens (tertiary/aromatic N) is 3. The zero-order valence-corrected chi connectivity index (χ0v) is 11.2. The van der Waals surface area contributed by atoms with Gasteiger partial charge >= 0.3 is 0 Å². The Kier molecular flexibility index (Phi) is 3.77. The molecule has 6 nitrogen and oxygen atoms in total. The van der Waals surface area contributed by atoms with E-state index in [-0.39, 0.29) is 11.4 Å². The largest absolute Gasteiger partial charge is 0.325 e. The molecule has 0 unspecified atom stereocenters.